The maximum absolute atomic E-state index is 11.6. The topological polar surface area (TPSA) is 92.7 Å². The molecule has 0 radical (unpaired) electrons. The van der Waals surface area contributed by atoms with Crippen LogP contribution in [0.15, 0.2) is 0 Å². The maximum atomic E-state index is 11.6. The third kappa shape index (κ3) is 19.5. The summed E-state index contributed by atoms with van der Waals surface area (Å²) in [5.41, 5.74) is -0.383. The fourth-order valence-electron chi connectivity index (χ4n) is 3.09. The van der Waals surface area contributed by atoms with Gasteiger partial charge in [0.1, 0.15) is 11.6 Å². The van der Waals surface area contributed by atoms with Crippen molar-refractivity contribution in [2.75, 3.05) is 0 Å². The molecule has 0 rings (SSSR count). The molecule has 2 N–H and O–H groups in total. The van der Waals surface area contributed by atoms with Gasteiger partial charge in [-0.3, -0.25) is 14.4 Å². The van der Waals surface area contributed by atoms with Gasteiger partial charge in [0.05, 0.1) is 0 Å². The lowest BCUT2D eigenvalue weighted by Gasteiger charge is -2.19. The molecule has 0 fully saturated rings. The van der Waals surface area contributed by atoms with Gasteiger partial charge in [-0.25, -0.2) is 0 Å². The molecule has 0 heterocycles. The van der Waals surface area contributed by atoms with E-state index in [-0.39, 0.29) is 17.5 Å². The second-order valence-electron chi connectivity index (χ2n) is 8.96. The molecule has 0 aliphatic heterocycles. The predicted octanol–water partition coefficient (Wildman–Crippen LogP) is 5.38. The van der Waals surface area contributed by atoms with Crippen LogP contribution in [0.25, 0.3) is 0 Å². The van der Waals surface area contributed by atoms with Gasteiger partial charge in [0.15, 0.2) is 0 Å². The molecule has 0 aliphatic carbocycles. The van der Waals surface area contributed by atoms with Gasteiger partial charge in [-0.2, -0.15) is 0 Å². The van der Waals surface area contributed by atoms with E-state index in [9.17, 15) is 14.4 Å². The van der Waals surface area contributed by atoms with Crippen LogP contribution in [0.5, 0.6) is 0 Å². The minimum atomic E-state index is -1.00. The van der Waals surface area contributed by atoms with Crippen molar-refractivity contribution < 1.29 is 24.2 Å². The van der Waals surface area contributed by atoms with Crippen LogP contribution >= 0.6 is 0 Å². The number of unbranched alkanes of at least 4 members (excludes halogenated alkanes) is 11. The Morgan fingerprint density at radius 1 is 0.759 bits per heavy atom. The zero-order valence-corrected chi connectivity index (χ0v) is 19.1. The minimum absolute atomic E-state index is 0.0899. The monoisotopic (exact) mass is 413 g/mol. The molecule has 0 aromatic heterocycles. The molecule has 0 aromatic carbocycles. The number of aliphatic carboxylic acids is 1. The molecule has 0 saturated heterocycles. The zero-order valence-electron chi connectivity index (χ0n) is 19.1. The van der Waals surface area contributed by atoms with Gasteiger partial charge in [0, 0.05) is 12.8 Å². The number of carbonyl (C=O) groups excluding carboxylic acids is 2. The molecule has 6 heteroatoms. The second-order valence-corrected chi connectivity index (χ2v) is 8.96. The van der Waals surface area contributed by atoms with E-state index in [1.807, 2.05) is 20.8 Å². The van der Waals surface area contributed by atoms with Gasteiger partial charge in [-0.1, -0.05) is 64.2 Å². The minimum Gasteiger partial charge on any atom is -0.480 e. The first kappa shape index (κ1) is 27.4. The fourth-order valence-corrected chi connectivity index (χ4v) is 3.09. The van der Waals surface area contributed by atoms with E-state index in [2.05, 4.69) is 5.32 Å². The zero-order chi connectivity index (χ0) is 22.1. The second kappa shape index (κ2) is 16.2. The maximum Gasteiger partial charge on any atom is 0.325 e. The first-order valence-corrected chi connectivity index (χ1v) is 11.4. The van der Waals surface area contributed by atoms with E-state index in [1.54, 1.807) is 0 Å². The number of ether oxygens (including phenoxy) is 1. The van der Waals surface area contributed by atoms with E-state index in [1.165, 1.54) is 51.9 Å². The number of carbonyl (C=O) groups is 3. The van der Waals surface area contributed by atoms with Crippen LogP contribution < -0.4 is 5.32 Å². The van der Waals surface area contributed by atoms with Crippen molar-refractivity contribution in [2.24, 2.45) is 0 Å². The third-order valence-corrected chi connectivity index (χ3v) is 4.70. The summed E-state index contributed by atoms with van der Waals surface area (Å²) in [5, 5.41) is 11.2. The van der Waals surface area contributed by atoms with Crippen LogP contribution in [0.1, 0.15) is 118 Å². The van der Waals surface area contributed by atoms with Crippen molar-refractivity contribution in [1.82, 2.24) is 5.32 Å². The number of carboxylic acids is 1. The van der Waals surface area contributed by atoms with Crippen LogP contribution in [-0.4, -0.2) is 34.6 Å². The number of carboxylic acid groups (broad SMARTS) is 1. The molecule has 0 spiro atoms. The van der Waals surface area contributed by atoms with Gasteiger partial charge in [0.25, 0.3) is 0 Å². The quantitative estimate of drug-likeness (QED) is 0.247. The van der Waals surface area contributed by atoms with Crippen LogP contribution in [0.3, 0.4) is 0 Å². The van der Waals surface area contributed by atoms with Crippen molar-refractivity contribution in [3.05, 3.63) is 0 Å². The van der Waals surface area contributed by atoms with E-state index in [0.29, 0.717) is 12.8 Å². The SMILES string of the molecule is CC(NC(=O)CCCCCCCCCCCCCCC(=O)OC(C)(C)C)C(=O)O. The average Bonchev–Trinajstić information content (AvgIpc) is 2.60. The number of esters is 1. The highest BCUT2D eigenvalue weighted by molar-refractivity contribution is 5.83. The Hall–Kier alpha value is -1.59. The summed E-state index contributed by atoms with van der Waals surface area (Å²) >= 11 is 0. The lowest BCUT2D eigenvalue weighted by atomic mass is 10.0. The first-order valence-electron chi connectivity index (χ1n) is 11.4. The number of hydrogen-bond donors (Lipinski definition) is 2. The highest BCUT2D eigenvalue weighted by Gasteiger charge is 2.15. The smallest absolute Gasteiger partial charge is 0.325 e. The van der Waals surface area contributed by atoms with E-state index >= 15 is 0 Å². The highest BCUT2D eigenvalue weighted by atomic mass is 16.6. The largest absolute Gasteiger partial charge is 0.480 e. The fraction of sp³-hybridized carbons (Fsp3) is 0.870. The molecule has 0 saturated carbocycles. The summed E-state index contributed by atoms with van der Waals surface area (Å²) in [5.74, 6) is -1.27. The number of amides is 1. The molecular formula is C23H43NO5. The molecule has 0 bridgehead atoms. The predicted molar refractivity (Wildman–Crippen MR) is 116 cm³/mol. The molecule has 1 atom stereocenters. The van der Waals surface area contributed by atoms with Crippen molar-refractivity contribution in [3.8, 4) is 0 Å². The summed E-state index contributed by atoms with van der Waals surface area (Å²) < 4.78 is 5.30. The van der Waals surface area contributed by atoms with Gasteiger partial charge >= 0.3 is 11.9 Å². The summed E-state index contributed by atoms with van der Waals surface area (Å²) in [6, 6.07) is -0.813. The molecule has 0 aliphatic rings. The Bertz CT molecular complexity index is 470. The summed E-state index contributed by atoms with van der Waals surface area (Å²) in [6.07, 6.45) is 14.6. The Morgan fingerprint density at radius 3 is 1.52 bits per heavy atom. The Kier molecular flexibility index (Phi) is 15.3. The summed E-state index contributed by atoms with van der Waals surface area (Å²) in [7, 11) is 0. The summed E-state index contributed by atoms with van der Waals surface area (Å²) in [6.45, 7) is 7.17. The van der Waals surface area contributed by atoms with E-state index in [4.69, 9.17) is 9.84 Å². The van der Waals surface area contributed by atoms with Crippen molar-refractivity contribution >= 4 is 17.8 Å². The molecule has 1 unspecified atom stereocenters. The molecule has 1 amide bonds. The van der Waals surface area contributed by atoms with Crippen LogP contribution in [-0.2, 0) is 19.1 Å². The summed E-state index contributed by atoms with van der Waals surface area (Å²) in [4.78, 5) is 33.8. The van der Waals surface area contributed by atoms with Crippen molar-refractivity contribution in [1.29, 1.82) is 0 Å². The van der Waals surface area contributed by atoms with Gasteiger partial charge in [-0.15, -0.1) is 0 Å². The number of nitrogens with one attached hydrogen (secondary N) is 1. The van der Waals surface area contributed by atoms with Gasteiger partial charge in [-0.05, 0) is 40.5 Å². The molecular weight excluding hydrogens is 370 g/mol. The highest BCUT2D eigenvalue weighted by Crippen LogP contribution is 2.14. The lowest BCUT2D eigenvalue weighted by Crippen LogP contribution is -2.38. The number of rotatable bonds is 17. The molecule has 29 heavy (non-hydrogen) atoms. The average molecular weight is 414 g/mol. The van der Waals surface area contributed by atoms with Gasteiger partial charge in [0.2, 0.25) is 5.91 Å². The van der Waals surface area contributed by atoms with E-state index in [0.717, 1.165) is 32.1 Å². The van der Waals surface area contributed by atoms with Crippen molar-refractivity contribution in [3.63, 3.8) is 0 Å². The molecule has 170 valence electrons. The Balaban J connectivity index is 3.31. The standard InChI is InChI=1S/C23H43NO5/c1-19(22(27)28)24-20(25)17-15-13-11-9-7-5-6-8-10-12-14-16-18-21(26)29-23(2,3)4/h19H,5-18H2,1-4H3,(H,24,25)(H,27,28). The third-order valence-electron chi connectivity index (χ3n) is 4.70. The Labute approximate surface area is 177 Å². The van der Waals surface area contributed by atoms with Gasteiger partial charge < -0.3 is 15.2 Å². The number of hydrogen-bond acceptors (Lipinski definition) is 4. The van der Waals surface area contributed by atoms with Crippen LogP contribution in [0, 0.1) is 0 Å². The molecule has 0 aromatic rings. The normalized spacial score (nSPS) is 12.4. The first-order chi connectivity index (χ1) is 13.6. The van der Waals surface area contributed by atoms with E-state index < -0.39 is 12.0 Å². The molecule has 6 nitrogen and oxygen atoms in total. The van der Waals surface area contributed by atoms with Crippen molar-refractivity contribution in [2.45, 2.75) is 129 Å². The Morgan fingerprint density at radius 2 is 1.14 bits per heavy atom. The van der Waals surface area contributed by atoms with Crippen LogP contribution in [0.4, 0.5) is 0 Å². The lowest BCUT2D eigenvalue weighted by molar-refractivity contribution is -0.155. The van der Waals surface area contributed by atoms with Crippen LogP contribution in [0.2, 0.25) is 0 Å².